The lowest BCUT2D eigenvalue weighted by Crippen LogP contribution is -2.28. The summed E-state index contributed by atoms with van der Waals surface area (Å²) in [4.78, 5) is 14.3. The van der Waals surface area contributed by atoms with E-state index in [1.807, 2.05) is 74.2 Å². The van der Waals surface area contributed by atoms with Crippen LogP contribution in [0.3, 0.4) is 0 Å². The lowest BCUT2D eigenvalue weighted by molar-refractivity contribution is -0.126. The Hall–Kier alpha value is -2.55. The molecule has 2 aromatic carbocycles. The number of carbonyl (C=O) groups is 1. The Balaban J connectivity index is 2.14. The van der Waals surface area contributed by atoms with E-state index in [2.05, 4.69) is 0 Å². The first-order chi connectivity index (χ1) is 11.5. The lowest BCUT2D eigenvalue weighted by Gasteiger charge is -2.19. The van der Waals surface area contributed by atoms with E-state index in [0.29, 0.717) is 13.1 Å². The fourth-order valence-electron chi connectivity index (χ4n) is 2.73. The standard InChI is InChI=1S/C21H25NO2/c1-5-22(15-18-9-7-6-8-10-18)21(23)12-11-20-16(2)13-19(24-4)14-17(20)3/h6-14H,5,15H2,1-4H3/b12-11+. The van der Waals surface area contributed by atoms with Gasteiger partial charge in [-0.25, -0.2) is 0 Å². The fourth-order valence-corrected chi connectivity index (χ4v) is 2.73. The van der Waals surface area contributed by atoms with Crippen molar-refractivity contribution in [2.45, 2.75) is 27.3 Å². The number of amides is 1. The zero-order valence-electron chi connectivity index (χ0n) is 14.9. The number of carbonyl (C=O) groups excluding carboxylic acids is 1. The van der Waals surface area contributed by atoms with Gasteiger partial charge in [-0.2, -0.15) is 0 Å². The summed E-state index contributed by atoms with van der Waals surface area (Å²) in [5, 5.41) is 0. The summed E-state index contributed by atoms with van der Waals surface area (Å²) in [6.07, 6.45) is 3.56. The highest BCUT2D eigenvalue weighted by molar-refractivity contribution is 5.92. The molecule has 0 bridgehead atoms. The molecule has 0 aliphatic carbocycles. The molecular weight excluding hydrogens is 298 g/mol. The van der Waals surface area contributed by atoms with Gasteiger partial charge in [0.25, 0.3) is 0 Å². The van der Waals surface area contributed by atoms with Crippen LogP contribution < -0.4 is 4.74 Å². The molecule has 0 aliphatic heterocycles. The summed E-state index contributed by atoms with van der Waals surface area (Å²) in [5.74, 6) is 0.865. The van der Waals surface area contributed by atoms with Gasteiger partial charge in [0.2, 0.25) is 5.91 Å². The number of nitrogens with zero attached hydrogens (tertiary/aromatic N) is 1. The summed E-state index contributed by atoms with van der Waals surface area (Å²) in [6.45, 7) is 7.36. The molecule has 0 radical (unpaired) electrons. The maximum absolute atomic E-state index is 12.5. The highest BCUT2D eigenvalue weighted by atomic mass is 16.5. The summed E-state index contributed by atoms with van der Waals surface area (Å²) < 4.78 is 5.28. The third kappa shape index (κ3) is 4.48. The number of ether oxygens (including phenoxy) is 1. The second-order valence-corrected chi connectivity index (χ2v) is 5.85. The van der Waals surface area contributed by atoms with Crippen LogP contribution in [-0.4, -0.2) is 24.5 Å². The monoisotopic (exact) mass is 323 g/mol. The van der Waals surface area contributed by atoms with Crippen LogP contribution in [0.1, 0.15) is 29.2 Å². The van der Waals surface area contributed by atoms with Gasteiger partial charge in [0, 0.05) is 19.2 Å². The number of benzene rings is 2. The quantitative estimate of drug-likeness (QED) is 0.739. The van der Waals surface area contributed by atoms with Crippen LogP contribution in [0.25, 0.3) is 6.08 Å². The molecule has 0 fully saturated rings. The molecule has 24 heavy (non-hydrogen) atoms. The number of hydrogen-bond donors (Lipinski definition) is 0. The van der Waals surface area contributed by atoms with Gasteiger partial charge in [-0.15, -0.1) is 0 Å². The van der Waals surface area contributed by atoms with Crippen molar-refractivity contribution in [1.29, 1.82) is 0 Å². The smallest absolute Gasteiger partial charge is 0.246 e. The van der Waals surface area contributed by atoms with E-state index >= 15 is 0 Å². The van der Waals surface area contributed by atoms with Crippen molar-refractivity contribution >= 4 is 12.0 Å². The van der Waals surface area contributed by atoms with Crippen molar-refractivity contribution in [1.82, 2.24) is 4.90 Å². The second-order valence-electron chi connectivity index (χ2n) is 5.85. The van der Waals surface area contributed by atoms with Crippen molar-refractivity contribution in [3.05, 3.63) is 70.8 Å². The van der Waals surface area contributed by atoms with E-state index in [4.69, 9.17) is 4.74 Å². The van der Waals surface area contributed by atoms with E-state index in [0.717, 1.165) is 28.0 Å². The zero-order valence-corrected chi connectivity index (χ0v) is 14.9. The third-order valence-corrected chi connectivity index (χ3v) is 4.11. The number of methoxy groups -OCH3 is 1. The summed E-state index contributed by atoms with van der Waals surface area (Å²) >= 11 is 0. The van der Waals surface area contributed by atoms with Crippen molar-refractivity contribution < 1.29 is 9.53 Å². The number of aryl methyl sites for hydroxylation is 2. The van der Waals surface area contributed by atoms with Crippen LogP contribution in [-0.2, 0) is 11.3 Å². The zero-order chi connectivity index (χ0) is 17.5. The maximum Gasteiger partial charge on any atom is 0.246 e. The third-order valence-electron chi connectivity index (χ3n) is 4.11. The molecule has 0 saturated heterocycles. The molecule has 0 spiro atoms. The molecule has 1 amide bonds. The first-order valence-corrected chi connectivity index (χ1v) is 8.21. The Labute approximate surface area is 144 Å². The summed E-state index contributed by atoms with van der Waals surface area (Å²) in [6, 6.07) is 14.0. The molecule has 126 valence electrons. The van der Waals surface area contributed by atoms with Gasteiger partial charge in [0.15, 0.2) is 0 Å². The molecule has 0 N–H and O–H groups in total. The summed E-state index contributed by atoms with van der Waals surface area (Å²) in [5.41, 5.74) is 4.40. The van der Waals surface area contributed by atoms with Crippen molar-refractivity contribution in [2.24, 2.45) is 0 Å². The molecule has 0 heterocycles. The SMILES string of the molecule is CCN(Cc1ccccc1)C(=O)/C=C/c1c(C)cc(OC)cc1C. The van der Waals surface area contributed by atoms with Crippen LogP contribution in [0.15, 0.2) is 48.5 Å². The maximum atomic E-state index is 12.5. The van der Waals surface area contributed by atoms with Crippen molar-refractivity contribution in [3.8, 4) is 5.75 Å². The van der Waals surface area contributed by atoms with Crippen LogP contribution >= 0.6 is 0 Å². The highest BCUT2D eigenvalue weighted by Crippen LogP contribution is 2.22. The topological polar surface area (TPSA) is 29.5 Å². The molecule has 3 nitrogen and oxygen atoms in total. The van der Waals surface area contributed by atoms with E-state index in [-0.39, 0.29) is 5.91 Å². The Morgan fingerprint density at radius 2 is 1.75 bits per heavy atom. The minimum absolute atomic E-state index is 0.0240. The largest absolute Gasteiger partial charge is 0.497 e. The van der Waals surface area contributed by atoms with E-state index in [1.54, 1.807) is 13.2 Å². The summed E-state index contributed by atoms with van der Waals surface area (Å²) in [7, 11) is 1.66. The van der Waals surface area contributed by atoms with Crippen molar-refractivity contribution in [3.63, 3.8) is 0 Å². The predicted octanol–water partition coefficient (Wildman–Crippen LogP) is 4.37. The van der Waals surface area contributed by atoms with E-state index < -0.39 is 0 Å². The molecule has 0 aromatic heterocycles. The first kappa shape index (κ1) is 17.8. The van der Waals surface area contributed by atoms with Crippen molar-refractivity contribution in [2.75, 3.05) is 13.7 Å². The van der Waals surface area contributed by atoms with Gasteiger partial charge in [0.1, 0.15) is 5.75 Å². The first-order valence-electron chi connectivity index (χ1n) is 8.21. The van der Waals surface area contributed by atoms with E-state index in [9.17, 15) is 4.79 Å². The second kappa shape index (κ2) is 8.34. The van der Waals surface area contributed by atoms with E-state index in [1.165, 1.54) is 0 Å². The number of likely N-dealkylation sites (N-methyl/N-ethyl adjacent to an activating group) is 1. The Kier molecular flexibility index (Phi) is 6.19. The minimum atomic E-state index is 0.0240. The average molecular weight is 323 g/mol. The van der Waals surface area contributed by atoms with Gasteiger partial charge in [-0.1, -0.05) is 30.3 Å². The predicted molar refractivity (Wildman–Crippen MR) is 99.0 cm³/mol. The number of hydrogen-bond acceptors (Lipinski definition) is 2. The van der Waals surface area contributed by atoms with Gasteiger partial charge in [-0.3, -0.25) is 4.79 Å². The van der Waals surface area contributed by atoms with Crippen LogP contribution in [0.5, 0.6) is 5.75 Å². The van der Waals surface area contributed by atoms with Gasteiger partial charge in [0.05, 0.1) is 7.11 Å². The van der Waals surface area contributed by atoms with Gasteiger partial charge in [-0.05, 0) is 61.2 Å². The molecule has 2 aromatic rings. The number of rotatable bonds is 6. The van der Waals surface area contributed by atoms with Crippen LogP contribution in [0.4, 0.5) is 0 Å². The molecular formula is C21H25NO2. The van der Waals surface area contributed by atoms with Crippen LogP contribution in [0, 0.1) is 13.8 Å². The highest BCUT2D eigenvalue weighted by Gasteiger charge is 2.10. The van der Waals surface area contributed by atoms with Crippen LogP contribution in [0.2, 0.25) is 0 Å². The Morgan fingerprint density at radius 3 is 2.29 bits per heavy atom. The fraction of sp³-hybridized carbons (Fsp3) is 0.286. The molecule has 2 rings (SSSR count). The molecule has 3 heteroatoms. The Bertz CT molecular complexity index is 697. The molecule has 0 aliphatic rings. The normalized spacial score (nSPS) is 10.8. The van der Waals surface area contributed by atoms with Gasteiger partial charge >= 0.3 is 0 Å². The lowest BCUT2D eigenvalue weighted by atomic mass is 10.0. The molecule has 0 unspecified atom stereocenters. The van der Waals surface area contributed by atoms with Gasteiger partial charge < -0.3 is 9.64 Å². The molecule has 0 saturated carbocycles. The average Bonchev–Trinajstić information content (AvgIpc) is 2.59. The minimum Gasteiger partial charge on any atom is -0.497 e. The molecule has 0 atom stereocenters. The Morgan fingerprint density at radius 1 is 1.12 bits per heavy atom.